The highest BCUT2D eigenvalue weighted by molar-refractivity contribution is 5.88. The van der Waals surface area contributed by atoms with E-state index < -0.39 is 0 Å². The zero-order chi connectivity index (χ0) is 33.7. The van der Waals surface area contributed by atoms with E-state index in [1.807, 2.05) is 12.1 Å². The predicted octanol–water partition coefficient (Wildman–Crippen LogP) is 10.5. The molecule has 6 nitrogen and oxygen atoms in total. The van der Waals surface area contributed by atoms with Crippen LogP contribution in [0.2, 0.25) is 0 Å². The van der Waals surface area contributed by atoms with E-state index in [0.717, 1.165) is 97.5 Å². The number of rotatable bonds is 6. The molecule has 9 aromatic rings. The predicted molar refractivity (Wildman–Crippen MR) is 206 cm³/mol. The van der Waals surface area contributed by atoms with Crippen molar-refractivity contribution in [1.82, 2.24) is 28.7 Å². The fraction of sp³-hybridized carbons (Fsp3) is 0.0444. The van der Waals surface area contributed by atoms with Crippen LogP contribution in [0.15, 0.2) is 164 Å². The van der Waals surface area contributed by atoms with E-state index in [4.69, 9.17) is 15.0 Å². The quantitative estimate of drug-likeness (QED) is 0.179. The highest BCUT2D eigenvalue weighted by Gasteiger charge is 2.24. The first kappa shape index (κ1) is 29.2. The summed E-state index contributed by atoms with van der Waals surface area (Å²) in [6.07, 6.45) is 6.35. The van der Waals surface area contributed by atoms with Crippen molar-refractivity contribution in [3.05, 3.63) is 175 Å². The van der Waals surface area contributed by atoms with E-state index in [1.54, 1.807) is 0 Å². The average molecular weight is 657 g/mol. The largest absolute Gasteiger partial charge is 0.293 e. The number of nitrogens with zero attached hydrogens (tertiary/aromatic N) is 6. The molecule has 51 heavy (non-hydrogen) atoms. The van der Waals surface area contributed by atoms with Crippen LogP contribution < -0.4 is 0 Å². The molecule has 0 N–H and O–H groups in total. The molecule has 0 bridgehead atoms. The number of allylic oxidation sites excluding steroid dienone is 1. The van der Waals surface area contributed by atoms with Crippen LogP contribution in [0.4, 0.5) is 0 Å². The molecule has 0 saturated carbocycles. The second-order valence-corrected chi connectivity index (χ2v) is 12.9. The van der Waals surface area contributed by atoms with Gasteiger partial charge in [-0.2, -0.15) is 0 Å². The third kappa shape index (κ3) is 4.91. The van der Waals surface area contributed by atoms with Gasteiger partial charge >= 0.3 is 0 Å². The van der Waals surface area contributed by atoms with Crippen LogP contribution in [0.3, 0.4) is 0 Å². The van der Waals surface area contributed by atoms with Crippen LogP contribution in [0.25, 0.3) is 79.4 Å². The maximum Gasteiger partial charge on any atom is 0.145 e. The lowest BCUT2D eigenvalue weighted by Crippen LogP contribution is -2.03. The molecule has 0 radical (unpaired) electrons. The molecule has 0 amide bonds. The topological polar surface area (TPSA) is 53.5 Å². The summed E-state index contributed by atoms with van der Waals surface area (Å²) in [5.41, 5.74) is 12.3. The molecule has 0 aliphatic heterocycles. The zero-order valence-electron chi connectivity index (χ0n) is 27.8. The van der Waals surface area contributed by atoms with Crippen molar-refractivity contribution in [3.8, 4) is 51.2 Å². The van der Waals surface area contributed by atoms with Crippen molar-refractivity contribution in [2.45, 2.75) is 12.8 Å². The molecule has 6 heteroatoms. The van der Waals surface area contributed by atoms with Crippen molar-refractivity contribution >= 4 is 28.1 Å². The van der Waals surface area contributed by atoms with Gasteiger partial charge in [0.15, 0.2) is 0 Å². The van der Waals surface area contributed by atoms with Crippen LogP contribution in [0.1, 0.15) is 17.8 Å². The lowest BCUT2D eigenvalue weighted by atomic mass is 10.0. The van der Waals surface area contributed by atoms with E-state index in [2.05, 4.69) is 171 Å². The Balaban J connectivity index is 1.30. The lowest BCUT2D eigenvalue weighted by Gasteiger charge is -2.16. The van der Waals surface area contributed by atoms with Gasteiger partial charge in [0.1, 0.15) is 17.5 Å². The van der Waals surface area contributed by atoms with Gasteiger partial charge in [-0.25, -0.2) is 15.0 Å². The minimum atomic E-state index is 0.857. The molecule has 0 fully saturated rings. The summed E-state index contributed by atoms with van der Waals surface area (Å²) in [5.74, 6) is 2.61. The maximum absolute atomic E-state index is 5.37. The first-order chi connectivity index (χ1) is 25.3. The monoisotopic (exact) mass is 656 g/mol. The average Bonchev–Trinajstić information content (AvgIpc) is 3.91. The second kappa shape index (κ2) is 12.0. The summed E-state index contributed by atoms with van der Waals surface area (Å²) < 4.78 is 6.82. The molecule has 1 aliphatic rings. The van der Waals surface area contributed by atoms with Crippen molar-refractivity contribution in [3.63, 3.8) is 0 Å². The molecule has 1 aliphatic carbocycles. The molecule has 10 rings (SSSR count). The minimum Gasteiger partial charge on any atom is -0.293 e. The van der Waals surface area contributed by atoms with Gasteiger partial charge in [-0.15, -0.1) is 0 Å². The Hall–Kier alpha value is -6.79. The van der Waals surface area contributed by atoms with Gasteiger partial charge < -0.3 is 0 Å². The van der Waals surface area contributed by atoms with Crippen LogP contribution >= 0.6 is 0 Å². The number of aromatic nitrogens is 6. The van der Waals surface area contributed by atoms with Gasteiger partial charge in [-0.1, -0.05) is 84.9 Å². The summed E-state index contributed by atoms with van der Waals surface area (Å²) >= 11 is 0. The molecule has 0 saturated heterocycles. The smallest absolute Gasteiger partial charge is 0.145 e. The van der Waals surface area contributed by atoms with Crippen LogP contribution in [-0.2, 0) is 6.42 Å². The summed E-state index contributed by atoms with van der Waals surface area (Å²) in [4.78, 5) is 16.0. The van der Waals surface area contributed by atoms with Gasteiger partial charge in [0.25, 0.3) is 0 Å². The normalized spacial score (nSPS) is 12.5. The Kier molecular flexibility index (Phi) is 6.84. The Morgan fingerprint density at radius 1 is 0.412 bits per heavy atom. The second-order valence-electron chi connectivity index (χ2n) is 12.9. The van der Waals surface area contributed by atoms with Gasteiger partial charge in [0, 0.05) is 33.8 Å². The first-order valence-electron chi connectivity index (χ1n) is 17.4. The first-order valence-corrected chi connectivity index (χ1v) is 17.4. The fourth-order valence-corrected chi connectivity index (χ4v) is 7.41. The van der Waals surface area contributed by atoms with Crippen LogP contribution in [0.5, 0.6) is 0 Å². The number of para-hydroxylation sites is 7. The molecule has 0 atom stereocenters. The third-order valence-corrected chi connectivity index (χ3v) is 9.69. The molecule has 3 heterocycles. The van der Waals surface area contributed by atoms with Gasteiger partial charge in [-0.3, -0.25) is 13.7 Å². The van der Waals surface area contributed by atoms with E-state index >= 15 is 0 Å². The summed E-state index contributed by atoms with van der Waals surface area (Å²) in [6, 6.07) is 54.9. The Labute approximate surface area is 295 Å². The number of imidazole rings is 3. The summed E-state index contributed by atoms with van der Waals surface area (Å²) in [5, 5.41) is 0. The molecule has 6 aromatic carbocycles. The van der Waals surface area contributed by atoms with Crippen molar-refractivity contribution in [2.75, 3.05) is 0 Å². The molecule has 0 unspecified atom stereocenters. The van der Waals surface area contributed by atoms with Gasteiger partial charge in [-0.05, 0) is 97.8 Å². The van der Waals surface area contributed by atoms with Crippen molar-refractivity contribution < 1.29 is 0 Å². The number of hydrogen-bond donors (Lipinski definition) is 0. The van der Waals surface area contributed by atoms with Gasteiger partial charge in [0.05, 0.1) is 33.5 Å². The van der Waals surface area contributed by atoms with Crippen molar-refractivity contribution in [2.24, 2.45) is 0 Å². The standard InChI is InChI=1S/C45H32N6/c1-4-16-34(17-5-1)49-40-25-13-10-22-37(40)46-43(49)31-28-32(44-47-38-23-11-14-26-41(38)50(44)35-18-6-2-7-19-35)30-33(29-31)45-48-39-24-12-15-27-42(39)51(45)36-20-8-3-9-21-36/h1-11,13-23,25-30H,12,24H2. The lowest BCUT2D eigenvalue weighted by molar-refractivity contribution is 0.936. The molecule has 3 aromatic heterocycles. The van der Waals surface area contributed by atoms with Crippen LogP contribution in [-0.4, -0.2) is 28.7 Å². The van der Waals surface area contributed by atoms with Crippen LogP contribution in [0, 0.1) is 0 Å². The summed E-state index contributed by atoms with van der Waals surface area (Å²) in [6.45, 7) is 0. The third-order valence-electron chi connectivity index (χ3n) is 9.69. The highest BCUT2D eigenvalue weighted by Crippen LogP contribution is 2.39. The van der Waals surface area contributed by atoms with E-state index in [0.29, 0.717) is 0 Å². The Morgan fingerprint density at radius 3 is 1.31 bits per heavy atom. The zero-order valence-corrected chi connectivity index (χ0v) is 27.8. The molecule has 0 spiro atoms. The number of fused-ring (bicyclic) bond motifs is 3. The fourth-order valence-electron chi connectivity index (χ4n) is 7.41. The molecule has 242 valence electrons. The van der Waals surface area contributed by atoms with Gasteiger partial charge in [0.2, 0.25) is 0 Å². The van der Waals surface area contributed by atoms with E-state index in [-0.39, 0.29) is 0 Å². The van der Waals surface area contributed by atoms with Crippen molar-refractivity contribution in [1.29, 1.82) is 0 Å². The SMILES string of the molecule is C1=Cc2c(nc(-c3cc(-c4nc5ccccc5n4-c4ccccc4)cc(-c4nc5ccccc5n4-c4ccccc4)c3)n2-c2ccccc2)CC1. The number of aryl methyl sites for hydroxylation is 1. The van der Waals surface area contributed by atoms with E-state index in [9.17, 15) is 0 Å². The maximum atomic E-state index is 5.37. The highest BCUT2D eigenvalue weighted by atomic mass is 15.1. The minimum absolute atomic E-state index is 0.857. The molecular weight excluding hydrogens is 625 g/mol. The van der Waals surface area contributed by atoms with E-state index in [1.165, 1.54) is 0 Å². The Morgan fingerprint density at radius 2 is 0.824 bits per heavy atom. The summed E-state index contributed by atoms with van der Waals surface area (Å²) in [7, 11) is 0. The number of benzene rings is 6. The Bertz CT molecular complexity index is 2600. The molecular formula is C45H32N6. The number of hydrogen-bond acceptors (Lipinski definition) is 3.